The maximum absolute atomic E-state index is 10.7. The van der Waals surface area contributed by atoms with Gasteiger partial charge in [-0.15, -0.1) is 0 Å². The fraction of sp³-hybridized carbons (Fsp3) is 0.769. The maximum Gasteiger partial charge on any atom is 0.485 e. The lowest BCUT2D eigenvalue weighted by molar-refractivity contribution is -0.670. The number of nitrogens with zero attached hydrogens (tertiary/aromatic N) is 2. The minimum Gasteiger partial charge on any atom is -0.741 e. The predicted molar refractivity (Wildman–Crippen MR) is 83.2 cm³/mol. The van der Waals surface area contributed by atoms with Gasteiger partial charge in [-0.1, -0.05) is 41.5 Å². The summed E-state index contributed by atoms with van der Waals surface area (Å²) in [5.41, 5.74) is -5.65. The van der Waals surface area contributed by atoms with E-state index in [1.165, 1.54) is 0 Å². The molecule has 10 heteroatoms. The number of rotatable bonds is 1. The molecule has 0 spiro atoms. The summed E-state index contributed by atoms with van der Waals surface area (Å²) in [5, 5.41) is 0.666. The normalized spacial score (nSPS) is 13.7. The third-order valence-corrected chi connectivity index (χ3v) is 6.35. The van der Waals surface area contributed by atoms with Crippen molar-refractivity contribution in [3.8, 4) is 0 Å². The van der Waals surface area contributed by atoms with Gasteiger partial charge in [0.2, 0.25) is 6.33 Å². The molecule has 0 saturated carbocycles. The third-order valence-electron chi connectivity index (χ3n) is 2.54. The first-order valence-corrected chi connectivity index (χ1v) is 9.43. The topological polar surface area (TPSA) is 66.0 Å². The molecule has 1 rings (SSSR count). The highest BCUT2D eigenvalue weighted by Gasteiger charge is 2.40. The van der Waals surface area contributed by atoms with Crippen LogP contribution in [-0.2, 0) is 17.2 Å². The molecule has 1 aromatic rings. The van der Waals surface area contributed by atoms with E-state index in [1.807, 2.05) is 0 Å². The van der Waals surface area contributed by atoms with Crippen LogP contribution in [0, 0.1) is 0 Å². The highest BCUT2D eigenvalue weighted by atomic mass is 32.2. The van der Waals surface area contributed by atoms with Crippen molar-refractivity contribution in [1.82, 2.24) is 4.34 Å². The lowest BCUT2D eigenvalue weighted by Gasteiger charge is -2.36. The van der Waals surface area contributed by atoms with Crippen molar-refractivity contribution < 1.29 is 30.7 Å². The summed E-state index contributed by atoms with van der Waals surface area (Å²) < 4.78 is 63.4. The predicted octanol–water partition coefficient (Wildman–Crippen LogP) is 3.21. The molecule has 0 radical (unpaired) electrons. The maximum atomic E-state index is 10.7. The van der Waals surface area contributed by atoms with Crippen LogP contribution in [0.15, 0.2) is 18.7 Å². The number of halogens is 3. The van der Waals surface area contributed by atoms with Crippen LogP contribution in [0.4, 0.5) is 13.2 Å². The fourth-order valence-corrected chi connectivity index (χ4v) is 6.11. The second-order valence-electron chi connectivity index (χ2n) is 7.01. The quantitative estimate of drug-likeness (QED) is 0.327. The molecule has 23 heavy (non-hydrogen) atoms. The van der Waals surface area contributed by atoms with Crippen LogP contribution in [0.3, 0.4) is 0 Å². The van der Waals surface area contributed by atoms with Crippen LogP contribution < -0.4 is 4.57 Å². The Kier molecular flexibility index (Phi) is 6.87. The van der Waals surface area contributed by atoms with Crippen molar-refractivity contribution in [2.24, 2.45) is 7.05 Å². The van der Waals surface area contributed by atoms with Gasteiger partial charge < -0.3 is 4.55 Å². The van der Waals surface area contributed by atoms with Crippen LogP contribution in [0.25, 0.3) is 0 Å². The molecule has 0 atom stereocenters. The zero-order chi connectivity index (χ0) is 18.9. The van der Waals surface area contributed by atoms with Crippen LogP contribution in [-0.4, -0.2) is 33.1 Å². The van der Waals surface area contributed by atoms with Gasteiger partial charge in [-0.05, 0) is 0 Å². The summed E-state index contributed by atoms with van der Waals surface area (Å²) in [6.45, 7) is 14.0. The van der Waals surface area contributed by atoms with Gasteiger partial charge in [0.25, 0.3) is 0 Å². The molecule has 0 amide bonds. The van der Waals surface area contributed by atoms with E-state index in [2.05, 4.69) is 76.2 Å². The Morgan fingerprint density at radius 1 is 1.04 bits per heavy atom. The molecule has 5 nitrogen and oxygen atoms in total. The van der Waals surface area contributed by atoms with Gasteiger partial charge in [-0.2, -0.15) is 13.2 Å². The Labute approximate surface area is 137 Å². The Bertz CT molecular complexity index is 600. The molecule has 0 bridgehead atoms. The lowest BCUT2D eigenvalue weighted by atomic mass is 10.2. The van der Waals surface area contributed by atoms with Crippen molar-refractivity contribution >= 4 is 18.2 Å². The van der Waals surface area contributed by atoms with E-state index in [-0.39, 0.29) is 8.07 Å². The van der Waals surface area contributed by atoms with E-state index in [9.17, 15) is 13.2 Å². The first kappa shape index (κ1) is 22.3. The number of aryl methyl sites for hydroxylation is 1. The van der Waals surface area contributed by atoms with E-state index in [0.717, 1.165) is 0 Å². The summed E-state index contributed by atoms with van der Waals surface area (Å²) in [6, 6.07) is 0. The van der Waals surface area contributed by atoms with Gasteiger partial charge >= 0.3 is 5.51 Å². The average Bonchev–Trinajstić information content (AvgIpc) is 2.57. The van der Waals surface area contributed by atoms with Crippen molar-refractivity contribution in [3.63, 3.8) is 0 Å². The van der Waals surface area contributed by atoms with E-state index < -0.39 is 15.6 Å². The number of alkyl halides is 3. The summed E-state index contributed by atoms with van der Waals surface area (Å²) >= 11 is 0. The minimum absolute atomic E-state index is 0.221. The molecule has 0 aliphatic carbocycles. The Hall–Kier alpha value is -0.660. The van der Waals surface area contributed by atoms with Gasteiger partial charge in [0, 0.05) is 10.3 Å². The molecule has 136 valence electrons. The summed E-state index contributed by atoms with van der Waals surface area (Å²) in [6.07, 6.45) is 6.51. The van der Waals surface area contributed by atoms with Crippen molar-refractivity contribution in [2.75, 3.05) is 0 Å². The third kappa shape index (κ3) is 7.18. The lowest BCUT2D eigenvalue weighted by Crippen LogP contribution is -2.30. The standard InChI is InChI=1S/C12H24N2P.CHF3O3S/c1-11(2,3)15(12(4,5)6)14-9-8-13(7)10-14;2-1(3,4)8(5,6)7/h8-10H,1-7H3;(H,5,6,7)/q+1;/p-1. The molecule has 0 saturated heterocycles. The molecular formula is C13H24F3N2O3PS. The molecular weight excluding hydrogens is 352 g/mol. The second-order valence-corrected chi connectivity index (χ2v) is 12.2. The molecule has 0 fully saturated rings. The highest BCUT2D eigenvalue weighted by molar-refractivity contribution is 7.86. The van der Waals surface area contributed by atoms with Crippen LogP contribution in [0.5, 0.6) is 0 Å². The zero-order valence-electron chi connectivity index (χ0n) is 14.3. The van der Waals surface area contributed by atoms with E-state index in [1.54, 1.807) is 0 Å². The minimum atomic E-state index is -6.09. The highest BCUT2D eigenvalue weighted by Crippen LogP contribution is 2.59. The molecule has 0 unspecified atom stereocenters. The fourth-order valence-electron chi connectivity index (χ4n) is 2.25. The second kappa shape index (κ2) is 7.07. The van der Waals surface area contributed by atoms with Crippen LogP contribution in [0.2, 0.25) is 0 Å². The van der Waals surface area contributed by atoms with Crippen LogP contribution in [0.1, 0.15) is 41.5 Å². The molecule has 1 heterocycles. The molecule has 0 aliphatic heterocycles. The molecule has 0 aliphatic rings. The van der Waals surface area contributed by atoms with E-state index in [0.29, 0.717) is 10.3 Å². The summed E-state index contributed by atoms with van der Waals surface area (Å²) in [4.78, 5) is 0. The van der Waals surface area contributed by atoms with Gasteiger partial charge in [0.15, 0.2) is 10.1 Å². The average molecular weight is 376 g/mol. The molecule has 0 aromatic carbocycles. The number of imidazole rings is 1. The van der Waals surface area contributed by atoms with Crippen LogP contribution >= 0.6 is 8.07 Å². The monoisotopic (exact) mass is 376 g/mol. The Morgan fingerprint density at radius 3 is 1.57 bits per heavy atom. The first-order chi connectivity index (χ1) is 9.87. The molecule has 0 N–H and O–H groups in total. The van der Waals surface area contributed by atoms with Crippen molar-refractivity contribution in [3.05, 3.63) is 18.7 Å². The summed E-state index contributed by atoms with van der Waals surface area (Å²) in [7, 11) is -4.23. The van der Waals surface area contributed by atoms with Crippen molar-refractivity contribution in [1.29, 1.82) is 0 Å². The Balaban J connectivity index is 0.000000515. The van der Waals surface area contributed by atoms with E-state index >= 15 is 0 Å². The smallest absolute Gasteiger partial charge is 0.485 e. The number of aromatic nitrogens is 2. The summed E-state index contributed by atoms with van der Waals surface area (Å²) in [5.74, 6) is 0. The van der Waals surface area contributed by atoms with Crippen molar-refractivity contribution in [2.45, 2.75) is 57.4 Å². The largest absolute Gasteiger partial charge is 0.741 e. The van der Waals surface area contributed by atoms with Gasteiger partial charge in [-0.25, -0.2) is 17.3 Å². The van der Waals surface area contributed by atoms with Gasteiger partial charge in [-0.3, -0.25) is 0 Å². The van der Waals surface area contributed by atoms with Gasteiger partial charge in [0.1, 0.15) is 20.5 Å². The zero-order valence-corrected chi connectivity index (χ0v) is 16.1. The Morgan fingerprint density at radius 2 is 1.39 bits per heavy atom. The number of hydrogen-bond donors (Lipinski definition) is 0. The molecule has 1 aromatic heterocycles. The first-order valence-electron chi connectivity index (χ1n) is 6.73. The SMILES string of the molecule is C[n+]1ccn(P(C(C)(C)C)C(C)(C)C)c1.O=S(=O)([O-])C(F)(F)F. The van der Waals surface area contributed by atoms with Gasteiger partial charge in [0.05, 0.1) is 7.05 Å². The number of hydrogen-bond acceptors (Lipinski definition) is 3. The van der Waals surface area contributed by atoms with E-state index in [4.69, 9.17) is 13.0 Å².